The Hall–Kier alpha value is -1.59. The van der Waals surface area contributed by atoms with E-state index in [1.54, 1.807) is 14.2 Å². The van der Waals surface area contributed by atoms with Crippen LogP contribution in [-0.2, 0) is 9.47 Å². The van der Waals surface area contributed by atoms with Gasteiger partial charge in [-0.2, -0.15) is 0 Å². The van der Waals surface area contributed by atoms with Gasteiger partial charge in [-0.25, -0.2) is 0 Å². The highest BCUT2D eigenvalue weighted by molar-refractivity contribution is 5.79. The summed E-state index contributed by atoms with van der Waals surface area (Å²) in [4.78, 5) is 4.55. The molecule has 0 aliphatic rings. The van der Waals surface area contributed by atoms with Gasteiger partial charge in [0.2, 0.25) is 0 Å². The van der Waals surface area contributed by atoms with Crippen molar-refractivity contribution in [3.63, 3.8) is 0 Å². The lowest BCUT2D eigenvalue weighted by molar-refractivity contribution is 0.111. The molecule has 0 aromatic heterocycles. The summed E-state index contributed by atoms with van der Waals surface area (Å²) in [6.45, 7) is 4.81. The summed E-state index contributed by atoms with van der Waals surface area (Å²) in [6, 6.07) is 10.1. The lowest BCUT2D eigenvalue weighted by Crippen LogP contribution is -2.39. The van der Waals surface area contributed by atoms with Crippen LogP contribution in [0.3, 0.4) is 0 Å². The minimum Gasteiger partial charge on any atom is -0.383 e. The fraction of sp³-hybridized carbons (Fsp3) is 0.533. The molecule has 5 heteroatoms. The van der Waals surface area contributed by atoms with E-state index >= 15 is 0 Å². The Balaban J connectivity index is 2.59. The normalized spacial score (nSPS) is 13.1. The summed E-state index contributed by atoms with van der Waals surface area (Å²) < 4.78 is 10.5. The van der Waals surface area contributed by atoms with Crippen LogP contribution in [0.25, 0.3) is 0 Å². The second-order valence-corrected chi connectivity index (χ2v) is 4.27. The number of methoxy groups -OCH3 is 2. The molecule has 2 N–H and O–H groups in total. The van der Waals surface area contributed by atoms with E-state index in [1.807, 2.05) is 25.1 Å². The molecular weight excluding hydrogens is 254 g/mol. The topological polar surface area (TPSA) is 54.9 Å². The zero-order chi connectivity index (χ0) is 14.6. The number of nitrogens with one attached hydrogen (secondary N) is 2. The van der Waals surface area contributed by atoms with Gasteiger partial charge >= 0.3 is 0 Å². The maximum absolute atomic E-state index is 5.50. The van der Waals surface area contributed by atoms with Crippen LogP contribution in [0, 0.1) is 0 Å². The highest BCUT2D eigenvalue weighted by atomic mass is 16.5. The van der Waals surface area contributed by atoms with Gasteiger partial charge in [-0.05, 0) is 12.5 Å². The zero-order valence-electron chi connectivity index (χ0n) is 12.6. The molecule has 0 heterocycles. The van der Waals surface area contributed by atoms with Crippen LogP contribution >= 0.6 is 0 Å². The third-order valence-electron chi connectivity index (χ3n) is 2.81. The minimum atomic E-state index is -0.0333. The van der Waals surface area contributed by atoms with Gasteiger partial charge in [0.15, 0.2) is 5.96 Å². The quantitative estimate of drug-likeness (QED) is 0.431. The van der Waals surface area contributed by atoms with Crippen LogP contribution < -0.4 is 10.6 Å². The Kier molecular flexibility index (Phi) is 8.42. The van der Waals surface area contributed by atoms with Crippen LogP contribution in [0.1, 0.15) is 18.6 Å². The van der Waals surface area contributed by atoms with Crippen LogP contribution in [-0.4, -0.2) is 46.4 Å². The molecule has 1 aromatic carbocycles. The summed E-state index contributed by atoms with van der Waals surface area (Å²) in [7, 11) is 3.39. The number of rotatable bonds is 8. The minimum absolute atomic E-state index is 0.0333. The average Bonchev–Trinajstić information content (AvgIpc) is 2.49. The van der Waals surface area contributed by atoms with E-state index in [9.17, 15) is 0 Å². The summed E-state index contributed by atoms with van der Waals surface area (Å²) in [5, 5.41) is 6.41. The number of hydrogen-bond donors (Lipinski definition) is 2. The van der Waals surface area contributed by atoms with E-state index in [4.69, 9.17) is 9.47 Å². The van der Waals surface area contributed by atoms with Gasteiger partial charge in [0.05, 0.1) is 13.2 Å². The summed E-state index contributed by atoms with van der Waals surface area (Å²) in [6.07, 6.45) is -0.0333. The Bertz CT molecular complexity index is 382. The predicted molar refractivity (Wildman–Crippen MR) is 82.0 cm³/mol. The molecule has 1 rings (SSSR count). The van der Waals surface area contributed by atoms with Crippen molar-refractivity contribution in [2.45, 2.75) is 13.0 Å². The first kappa shape index (κ1) is 16.5. The molecule has 0 saturated carbocycles. The molecule has 1 unspecified atom stereocenters. The van der Waals surface area contributed by atoms with Crippen molar-refractivity contribution < 1.29 is 9.47 Å². The summed E-state index contributed by atoms with van der Waals surface area (Å²) >= 11 is 0. The van der Waals surface area contributed by atoms with E-state index in [0.29, 0.717) is 13.2 Å². The molecule has 0 aliphatic heterocycles. The predicted octanol–water partition coefficient (Wildman–Crippen LogP) is 1.58. The Labute approximate surface area is 121 Å². The van der Waals surface area contributed by atoms with Crippen molar-refractivity contribution in [2.24, 2.45) is 4.99 Å². The van der Waals surface area contributed by atoms with Crippen molar-refractivity contribution in [1.29, 1.82) is 0 Å². The monoisotopic (exact) mass is 279 g/mol. The van der Waals surface area contributed by atoms with E-state index in [-0.39, 0.29) is 6.10 Å². The summed E-state index contributed by atoms with van der Waals surface area (Å²) in [5.74, 6) is 0.780. The van der Waals surface area contributed by atoms with Crippen LogP contribution in [0.2, 0.25) is 0 Å². The van der Waals surface area contributed by atoms with Gasteiger partial charge in [0.1, 0.15) is 6.10 Å². The van der Waals surface area contributed by atoms with Crippen LogP contribution in [0.5, 0.6) is 0 Å². The fourth-order valence-electron chi connectivity index (χ4n) is 1.77. The van der Waals surface area contributed by atoms with E-state index in [0.717, 1.165) is 24.6 Å². The highest BCUT2D eigenvalue weighted by Gasteiger charge is 2.09. The van der Waals surface area contributed by atoms with Gasteiger partial charge in [-0.3, -0.25) is 4.99 Å². The van der Waals surface area contributed by atoms with Crippen molar-refractivity contribution >= 4 is 5.96 Å². The molecule has 112 valence electrons. The van der Waals surface area contributed by atoms with Crippen molar-refractivity contribution in [3.05, 3.63) is 35.9 Å². The standard InChI is InChI=1S/C15H25N3O2/c1-4-16-15(17-10-11-19-2)18-12-14(20-3)13-8-6-5-7-9-13/h5-9,14H,4,10-12H2,1-3H3,(H2,16,17,18). The van der Waals surface area contributed by atoms with E-state index in [2.05, 4.69) is 27.8 Å². The highest BCUT2D eigenvalue weighted by Crippen LogP contribution is 2.16. The average molecular weight is 279 g/mol. The number of aliphatic imine (C=N–C) groups is 1. The molecule has 0 spiro atoms. The van der Waals surface area contributed by atoms with Gasteiger partial charge in [0, 0.05) is 27.3 Å². The molecule has 0 fully saturated rings. The maximum atomic E-state index is 5.50. The largest absolute Gasteiger partial charge is 0.383 e. The Morgan fingerprint density at radius 2 is 1.95 bits per heavy atom. The molecule has 20 heavy (non-hydrogen) atoms. The first-order chi connectivity index (χ1) is 9.81. The maximum Gasteiger partial charge on any atom is 0.191 e. The lowest BCUT2D eigenvalue weighted by atomic mass is 10.1. The number of benzene rings is 1. The molecule has 0 radical (unpaired) electrons. The second-order valence-electron chi connectivity index (χ2n) is 4.27. The van der Waals surface area contributed by atoms with E-state index < -0.39 is 0 Å². The molecule has 5 nitrogen and oxygen atoms in total. The molecular formula is C15H25N3O2. The zero-order valence-corrected chi connectivity index (χ0v) is 12.6. The van der Waals surface area contributed by atoms with Gasteiger partial charge < -0.3 is 20.1 Å². The lowest BCUT2D eigenvalue weighted by Gasteiger charge is -2.15. The number of ether oxygens (including phenoxy) is 2. The number of guanidine groups is 1. The third kappa shape index (κ3) is 6.04. The first-order valence-corrected chi connectivity index (χ1v) is 6.90. The molecule has 0 saturated heterocycles. The van der Waals surface area contributed by atoms with Gasteiger partial charge in [-0.1, -0.05) is 30.3 Å². The first-order valence-electron chi connectivity index (χ1n) is 6.90. The number of hydrogen-bond acceptors (Lipinski definition) is 3. The van der Waals surface area contributed by atoms with Gasteiger partial charge in [-0.15, -0.1) is 0 Å². The summed E-state index contributed by atoms with van der Waals surface area (Å²) in [5.41, 5.74) is 1.13. The van der Waals surface area contributed by atoms with Crippen molar-refractivity contribution in [2.75, 3.05) is 40.5 Å². The molecule has 1 aromatic rings. The SMILES string of the molecule is CCNC(=NCC(OC)c1ccccc1)NCCOC. The van der Waals surface area contributed by atoms with Crippen LogP contribution in [0.15, 0.2) is 35.3 Å². The van der Waals surface area contributed by atoms with Crippen LogP contribution in [0.4, 0.5) is 0 Å². The Morgan fingerprint density at radius 3 is 2.55 bits per heavy atom. The third-order valence-corrected chi connectivity index (χ3v) is 2.81. The fourth-order valence-corrected chi connectivity index (χ4v) is 1.77. The Morgan fingerprint density at radius 1 is 1.20 bits per heavy atom. The smallest absolute Gasteiger partial charge is 0.191 e. The molecule has 0 aliphatic carbocycles. The second kappa shape index (κ2) is 10.2. The van der Waals surface area contributed by atoms with Crippen molar-refractivity contribution in [3.8, 4) is 0 Å². The van der Waals surface area contributed by atoms with E-state index in [1.165, 1.54) is 0 Å². The van der Waals surface area contributed by atoms with Gasteiger partial charge in [0.25, 0.3) is 0 Å². The molecule has 1 atom stereocenters. The molecule has 0 bridgehead atoms. The number of nitrogens with zero attached hydrogens (tertiary/aromatic N) is 1. The molecule has 0 amide bonds. The van der Waals surface area contributed by atoms with Crippen molar-refractivity contribution in [1.82, 2.24) is 10.6 Å².